The van der Waals surface area contributed by atoms with Gasteiger partial charge in [0.15, 0.2) is 0 Å². The van der Waals surface area contributed by atoms with E-state index in [1.165, 1.54) is 5.56 Å². The van der Waals surface area contributed by atoms with Crippen LogP contribution in [0, 0.1) is 13.8 Å². The predicted molar refractivity (Wildman–Crippen MR) is 46.9 cm³/mol. The number of aryl methyl sites for hydroxylation is 1. The predicted octanol–water partition coefficient (Wildman–Crippen LogP) is -2.88. The largest absolute Gasteiger partial charge is 4.00 e. The van der Waals surface area contributed by atoms with E-state index in [-0.39, 0.29) is 51.0 Å². The molecule has 0 aliphatic rings. The number of hydrogen-bond donors (Lipinski definition) is 0. The first-order valence-electron chi connectivity index (χ1n) is 3.39. The standard InChI is InChI=1S/C6H7.C4H7.2ClH.Zr/c1-6-4-2-3-5-6;1-3-4-2;;;/h2-5H,1H3;3H,1-2,4H2;2*1H;/q2*-1;;;+4/p-2. The molecule has 13 heavy (non-hydrogen) atoms. The fraction of sp³-hybridized carbons (Fsp3) is 0.200. The van der Waals surface area contributed by atoms with Gasteiger partial charge in [0.05, 0.1) is 0 Å². The van der Waals surface area contributed by atoms with E-state index in [1.807, 2.05) is 12.1 Å². The maximum absolute atomic E-state index is 3.49. The first-order chi connectivity index (χ1) is 4.81. The van der Waals surface area contributed by atoms with Gasteiger partial charge in [-0.3, -0.25) is 0 Å². The van der Waals surface area contributed by atoms with Crippen molar-refractivity contribution in [1.82, 2.24) is 0 Å². The Morgan fingerprint density at radius 1 is 1.54 bits per heavy atom. The summed E-state index contributed by atoms with van der Waals surface area (Å²) in [5.74, 6) is 0. The van der Waals surface area contributed by atoms with E-state index in [4.69, 9.17) is 0 Å². The van der Waals surface area contributed by atoms with Gasteiger partial charge in [-0.25, -0.2) is 11.6 Å². The minimum atomic E-state index is 0. The van der Waals surface area contributed by atoms with E-state index in [2.05, 4.69) is 32.6 Å². The van der Waals surface area contributed by atoms with Crippen LogP contribution in [0.25, 0.3) is 0 Å². The molecule has 0 unspecified atom stereocenters. The second kappa shape index (κ2) is 18.4. The molecule has 0 atom stereocenters. The summed E-state index contributed by atoms with van der Waals surface area (Å²) in [6.07, 6.45) is 2.60. The summed E-state index contributed by atoms with van der Waals surface area (Å²) in [4.78, 5) is 0. The van der Waals surface area contributed by atoms with Crippen LogP contribution in [-0.2, 0) is 26.2 Å². The van der Waals surface area contributed by atoms with Gasteiger partial charge in [0, 0.05) is 0 Å². The molecule has 0 radical (unpaired) electrons. The van der Waals surface area contributed by atoms with Crippen molar-refractivity contribution in [3.8, 4) is 0 Å². The summed E-state index contributed by atoms with van der Waals surface area (Å²) in [5.41, 5.74) is 1.34. The Balaban J connectivity index is -0.0000000536. The molecule has 0 aromatic heterocycles. The van der Waals surface area contributed by atoms with Crippen molar-refractivity contribution in [3.63, 3.8) is 0 Å². The normalized spacial score (nSPS) is 6.00. The van der Waals surface area contributed by atoms with Crippen LogP contribution in [0.5, 0.6) is 0 Å². The third kappa shape index (κ3) is 19.1. The van der Waals surface area contributed by atoms with E-state index in [0.29, 0.717) is 0 Å². The Hall–Kier alpha value is 0.553. The van der Waals surface area contributed by atoms with Crippen LogP contribution in [0.3, 0.4) is 0 Å². The average molecular weight is 296 g/mol. The number of hydrogen-bond acceptors (Lipinski definition) is 0. The summed E-state index contributed by atoms with van der Waals surface area (Å²) in [6.45, 7) is 8.99. The summed E-state index contributed by atoms with van der Waals surface area (Å²) < 4.78 is 0. The molecule has 0 fully saturated rings. The summed E-state index contributed by atoms with van der Waals surface area (Å²) in [7, 11) is 0. The van der Waals surface area contributed by atoms with Crippen molar-refractivity contribution < 1.29 is 51.0 Å². The molecule has 0 amide bonds. The monoisotopic (exact) mass is 294 g/mol. The summed E-state index contributed by atoms with van der Waals surface area (Å²) >= 11 is 0. The van der Waals surface area contributed by atoms with Crippen LogP contribution in [0.1, 0.15) is 12.0 Å². The van der Waals surface area contributed by atoms with Crippen molar-refractivity contribution >= 4 is 0 Å². The zero-order chi connectivity index (χ0) is 7.82. The Labute approximate surface area is 113 Å². The third-order valence-electron chi connectivity index (χ3n) is 1.03. The molecule has 0 bridgehead atoms. The molecule has 0 N–H and O–H groups in total. The molecule has 3 heteroatoms. The Kier molecular flexibility index (Phi) is 33.0. The van der Waals surface area contributed by atoms with Crippen LogP contribution in [-0.4, -0.2) is 0 Å². The smallest absolute Gasteiger partial charge is 1.00 e. The van der Waals surface area contributed by atoms with Gasteiger partial charge in [-0.2, -0.15) is 24.6 Å². The van der Waals surface area contributed by atoms with Crippen molar-refractivity contribution in [2.75, 3.05) is 0 Å². The zero-order valence-corrected chi connectivity index (χ0v) is 11.7. The van der Waals surface area contributed by atoms with Gasteiger partial charge in [-0.1, -0.05) is 6.92 Å². The maximum atomic E-state index is 3.49. The average Bonchev–Trinajstić information content (AvgIpc) is 2.40. The van der Waals surface area contributed by atoms with Crippen LogP contribution in [0.2, 0.25) is 0 Å². The van der Waals surface area contributed by atoms with Crippen LogP contribution in [0.15, 0.2) is 36.9 Å². The van der Waals surface area contributed by atoms with Crippen LogP contribution < -0.4 is 24.8 Å². The number of rotatable bonds is 1. The first-order valence-corrected chi connectivity index (χ1v) is 3.39. The maximum Gasteiger partial charge on any atom is 4.00 e. The van der Waals surface area contributed by atoms with Gasteiger partial charge in [-0.05, 0) is 0 Å². The molecule has 0 nitrogen and oxygen atoms in total. The molecule has 0 saturated heterocycles. The fourth-order valence-electron chi connectivity index (χ4n) is 0.470. The van der Waals surface area contributed by atoms with Crippen LogP contribution >= 0.6 is 0 Å². The topological polar surface area (TPSA) is 0 Å². The van der Waals surface area contributed by atoms with E-state index in [0.717, 1.165) is 6.42 Å². The molecule has 0 heterocycles. The van der Waals surface area contributed by atoms with Gasteiger partial charge in [0.25, 0.3) is 0 Å². The SMILES string of the molecule is C=CC[CH2-].Cc1cc[cH-]c1.[Cl-].[Cl-].[Zr+4]. The van der Waals surface area contributed by atoms with Crippen molar-refractivity contribution in [2.45, 2.75) is 13.3 Å². The van der Waals surface area contributed by atoms with Crippen molar-refractivity contribution in [1.29, 1.82) is 0 Å². The molecule has 0 spiro atoms. The zero-order valence-electron chi connectivity index (χ0n) is 7.76. The Bertz CT molecular complexity index is 159. The Morgan fingerprint density at radius 2 is 2.00 bits per heavy atom. The van der Waals surface area contributed by atoms with E-state index < -0.39 is 0 Å². The summed E-state index contributed by atoms with van der Waals surface area (Å²) in [6, 6.07) is 8.24. The molecular weight excluding hydrogens is 282 g/mol. The fourth-order valence-corrected chi connectivity index (χ4v) is 0.470. The molecule has 1 aromatic rings. The minimum absolute atomic E-state index is 0. The number of allylic oxidation sites excluding steroid dienone is 1. The van der Waals surface area contributed by atoms with Gasteiger partial charge < -0.3 is 31.7 Å². The van der Waals surface area contributed by atoms with Gasteiger partial charge in [0.2, 0.25) is 0 Å². The van der Waals surface area contributed by atoms with Crippen LogP contribution in [0.4, 0.5) is 0 Å². The molecule has 72 valence electrons. The molecule has 1 rings (SSSR count). The van der Waals surface area contributed by atoms with Gasteiger partial charge in [0.1, 0.15) is 0 Å². The first kappa shape index (κ1) is 23.4. The molecule has 0 saturated carbocycles. The molecular formula is C10H14Cl2Zr. The van der Waals surface area contributed by atoms with E-state index in [1.54, 1.807) is 6.08 Å². The van der Waals surface area contributed by atoms with Crippen molar-refractivity contribution in [2.24, 2.45) is 0 Å². The summed E-state index contributed by atoms with van der Waals surface area (Å²) in [5, 5.41) is 0. The van der Waals surface area contributed by atoms with Crippen molar-refractivity contribution in [3.05, 3.63) is 49.4 Å². The van der Waals surface area contributed by atoms with E-state index >= 15 is 0 Å². The third-order valence-corrected chi connectivity index (χ3v) is 1.03. The second-order valence-electron chi connectivity index (χ2n) is 2.04. The molecule has 1 aromatic carbocycles. The van der Waals surface area contributed by atoms with Gasteiger partial charge >= 0.3 is 26.2 Å². The molecule has 0 aliphatic carbocycles. The minimum Gasteiger partial charge on any atom is -1.00 e. The second-order valence-corrected chi connectivity index (χ2v) is 2.04. The Morgan fingerprint density at radius 3 is 2.08 bits per heavy atom. The quantitative estimate of drug-likeness (QED) is 0.386. The van der Waals surface area contributed by atoms with E-state index in [9.17, 15) is 0 Å². The molecule has 0 aliphatic heterocycles. The number of halogens is 2. The van der Waals surface area contributed by atoms with Gasteiger partial charge in [-0.15, -0.1) is 12.7 Å².